The Kier molecular flexibility index (Phi) is 4.79. The summed E-state index contributed by atoms with van der Waals surface area (Å²) in [4.78, 5) is 25.5. The molecule has 7 nitrogen and oxygen atoms in total. The van der Waals surface area contributed by atoms with Crippen LogP contribution in [0.1, 0.15) is 30.6 Å². The van der Waals surface area contributed by atoms with Gasteiger partial charge in [0.15, 0.2) is 0 Å². The molecule has 0 saturated heterocycles. The van der Waals surface area contributed by atoms with Crippen molar-refractivity contribution >= 4 is 23.2 Å². The van der Waals surface area contributed by atoms with E-state index in [1.165, 1.54) is 12.3 Å². The van der Waals surface area contributed by atoms with E-state index in [1.54, 1.807) is 13.8 Å². The standard InChI is InChI=1S/C11H14ClN3O4/c1-3-11(2,17)6-14-10(16)7-4-5-13-9(12)8(7)15(18)19/h4-5,17H,3,6H2,1-2H3,(H,14,16). The number of hydrogen-bond donors (Lipinski definition) is 2. The fourth-order valence-electron chi connectivity index (χ4n) is 1.28. The third-order valence-corrected chi connectivity index (χ3v) is 2.97. The minimum absolute atomic E-state index is 0.0145. The van der Waals surface area contributed by atoms with Gasteiger partial charge in [-0.1, -0.05) is 18.5 Å². The van der Waals surface area contributed by atoms with Crippen molar-refractivity contribution in [2.45, 2.75) is 25.9 Å². The Hall–Kier alpha value is -1.73. The van der Waals surface area contributed by atoms with Crippen LogP contribution in [0.3, 0.4) is 0 Å². The summed E-state index contributed by atoms with van der Waals surface area (Å²) in [7, 11) is 0. The highest BCUT2D eigenvalue weighted by atomic mass is 35.5. The van der Waals surface area contributed by atoms with Crippen molar-refractivity contribution in [2.24, 2.45) is 0 Å². The van der Waals surface area contributed by atoms with Crippen LogP contribution in [0.2, 0.25) is 5.15 Å². The largest absolute Gasteiger partial charge is 0.388 e. The first-order chi connectivity index (χ1) is 8.78. The second-order valence-corrected chi connectivity index (χ2v) is 4.65. The highest BCUT2D eigenvalue weighted by molar-refractivity contribution is 6.32. The van der Waals surface area contributed by atoms with Crippen LogP contribution in [0.4, 0.5) is 5.69 Å². The van der Waals surface area contributed by atoms with E-state index in [1.807, 2.05) is 0 Å². The van der Waals surface area contributed by atoms with Gasteiger partial charge in [-0.3, -0.25) is 14.9 Å². The van der Waals surface area contributed by atoms with Gasteiger partial charge in [0, 0.05) is 12.7 Å². The van der Waals surface area contributed by atoms with Crippen molar-refractivity contribution in [3.05, 3.63) is 33.1 Å². The molecule has 0 saturated carbocycles. The Bertz CT molecular complexity index is 505. The van der Waals surface area contributed by atoms with Gasteiger partial charge in [-0.05, 0) is 19.4 Å². The smallest absolute Gasteiger partial charge is 0.319 e. The van der Waals surface area contributed by atoms with Crippen LogP contribution in [0.15, 0.2) is 12.3 Å². The minimum atomic E-state index is -1.07. The quantitative estimate of drug-likeness (QED) is 0.485. The predicted octanol–water partition coefficient (Wildman–Crippen LogP) is 1.53. The van der Waals surface area contributed by atoms with E-state index in [0.717, 1.165) is 0 Å². The van der Waals surface area contributed by atoms with Gasteiger partial charge in [-0.2, -0.15) is 0 Å². The monoisotopic (exact) mass is 287 g/mol. The molecule has 1 heterocycles. The van der Waals surface area contributed by atoms with E-state index in [9.17, 15) is 20.0 Å². The van der Waals surface area contributed by atoms with Crippen LogP contribution in [0.25, 0.3) is 0 Å². The second kappa shape index (κ2) is 5.94. The van der Waals surface area contributed by atoms with Gasteiger partial charge in [-0.25, -0.2) is 4.98 Å². The number of halogens is 1. The summed E-state index contributed by atoms with van der Waals surface area (Å²) in [6.45, 7) is 3.30. The van der Waals surface area contributed by atoms with Crippen molar-refractivity contribution in [2.75, 3.05) is 6.54 Å². The van der Waals surface area contributed by atoms with Gasteiger partial charge in [0.2, 0.25) is 5.15 Å². The molecule has 0 spiro atoms. The Balaban J connectivity index is 2.95. The molecule has 1 atom stereocenters. The van der Waals surface area contributed by atoms with E-state index in [-0.39, 0.29) is 17.3 Å². The number of nitro groups is 1. The van der Waals surface area contributed by atoms with E-state index in [4.69, 9.17) is 11.6 Å². The minimum Gasteiger partial charge on any atom is -0.388 e. The lowest BCUT2D eigenvalue weighted by molar-refractivity contribution is -0.385. The maximum Gasteiger partial charge on any atom is 0.319 e. The molecule has 0 bridgehead atoms. The normalized spacial score (nSPS) is 13.7. The molecular formula is C11H14ClN3O4. The maximum atomic E-state index is 11.9. The first kappa shape index (κ1) is 15.3. The number of nitrogens with one attached hydrogen (secondary N) is 1. The zero-order valence-corrected chi connectivity index (χ0v) is 11.3. The number of carbonyl (C=O) groups excluding carboxylic acids is 1. The molecule has 0 aromatic carbocycles. The molecule has 1 rings (SSSR count). The van der Waals surface area contributed by atoms with E-state index >= 15 is 0 Å². The molecule has 0 fully saturated rings. The van der Waals surface area contributed by atoms with Crippen LogP contribution in [-0.4, -0.2) is 33.1 Å². The van der Waals surface area contributed by atoms with Gasteiger partial charge in [0.05, 0.1) is 10.5 Å². The Morgan fingerprint density at radius 3 is 2.84 bits per heavy atom. The average molecular weight is 288 g/mol. The molecule has 0 radical (unpaired) electrons. The highest BCUT2D eigenvalue weighted by Gasteiger charge is 2.26. The highest BCUT2D eigenvalue weighted by Crippen LogP contribution is 2.25. The molecule has 0 aliphatic carbocycles. The zero-order valence-electron chi connectivity index (χ0n) is 10.5. The first-order valence-corrected chi connectivity index (χ1v) is 5.96. The van der Waals surface area contributed by atoms with Gasteiger partial charge in [0.25, 0.3) is 5.91 Å². The van der Waals surface area contributed by atoms with Crippen LogP contribution < -0.4 is 5.32 Å². The summed E-state index contributed by atoms with van der Waals surface area (Å²) < 4.78 is 0. The van der Waals surface area contributed by atoms with Crippen molar-refractivity contribution in [3.8, 4) is 0 Å². The number of nitrogens with zero attached hydrogens (tertiary/aromatic N) is 2. The number of amides is 1. The van der Waals surface area contributed by atoms with Gasteiger partial charge in [-0.15, -0.1) is 0 Å². The van der Waals surface area contributed by atoms with Gasteiger partial charge >= 0.3 is 5.69 Å². The first-order valence-electron chi connectivity index (χ1n) is 5.58. The Labute approximate surface area is 114 Å². The topological polar surface area (TPSA) is 105 Å². The number of aromatic nitrogens is 1. The van der Waals surface area contributed by atoms with Gasteiger partial charge < -0.3 is 10.4 Å². The lowest BCUT2D eigenvalue weighted by Crippen LogP contribution is -2.40. The second-order valence-electron chi connectivity index (χ2n) is 4.29. The summed E-state index contributed by atoms with van der Waals surface area (Å²) in [6.07, 6.45) is 1.65. The van der Waals surface area contributed by atoms with Crippen LogP contribution in [0.5, 0.6) is 0 Å². The van der Waals surface area contributed by atoms with Crippen LogP contribution in [0, 0.1) is 10.1 Å². The summed E-state index contributed by atoms with van der Waals surface area (Å²) >= 11 is 5.60. The molecule has 8 heteroatoms. The fourth-order valence-corrected chi connectivity index (χ4v) is 1.50. The van der Waals surface area contributed by atoms with Gasteiger partial charge in [0.1, 0.15) is 5.56 Å². The number of pyridine rings is 1. The van der Waals surface area contributed by atoms with E-state index in [0.29, 0.717) is 6.42 Å². The molecule has 2 N–H and O–H groups in total. The maximum absolute atomic E-state index is 11.9. The lowest BCUT2D eigenvalue weighted by Gasteiger charge is -2.21. The molecule has 1 aromatic heterocycles. The summed E-state index contributed by atoms with van der Waals surface area (Å²) in [5, 5.41) is 22.7. The van der Waals surface area contributed by atoms with Crippen molar-refractivity contribution in [3.63, 3.8) is 0 Å². The van der Waals surface area contributed by atoms with E-state index < -0.39 is 22.1 Å². The number of aliphatic hydroxyl groups is 1. The fraction of sp³-hybridized carbons (Fsp3) is 0.455. The molecule has 1 aromatic rings. The Morgan fingerprint density at radius 2 is 2.32 bits per heavy atom. The zero-order chi connectivity index (χ0) is 14.6. The number of rotatable bonds is 5. The third-order valence-electron chi connectivity index (χ3n) is 2.70. The van der Waals surface area contributed by atoms with Crippen molar-refractivity contribution < 1.29 is 14.8 Å². The van der Waals surface area contributed by atoms with Crippen LogP contribution in [-0.2, 0) is 0 Å². The van der Waals surface area contributed by atoms with Crippen molar-refractivity contribution in [1.29, 1.82) is 0 Å². The number of hydrogen-bond acceptors (Lipinski definition) is 5. The predicted molar refractivity (Wildman–Crippen MR) is 69.1 cm³/mol. The third kappa shape index (κ3) is 3.87. The summed E-state index contributed by atoms with van der Waals surface area (Å²) in [6, 6.07) is 1.21. The van der Waals surface area contributed by atoms with E-state index in [2.05, 4.69) is 10.3 Å². The summed E-state index contributed by atoms with van der Waals surface area (Å²) in [5.74, 6) is -0.676. The molecular weight excluding hydrogens is 274 g/mol. The lowest BCUT2D eigenvalue weighted by atomic mass is 10.0. The van der Waals surface area contributed by atoms with Crippen LogP contribution >= 0.6 is 11.6 Å². The van der Waals surface area contributed by atoms with Crippen molar-refractivity contribution in [1.82, 2.24) is 10.3 Å². The summed E-state index contributed by atoms with van der Waals surface area (Å²) in [5.41, 5.74) is -1.80. The Morgan fingerprint density at radius 1 is 1.68 bits per heavy atom. The molecule has 1 unspecified atom stereocenters. The molecule has 0 aliphatic rings. The number of carbonyl (C=O) groups is 1. The SMILES string of the molecule is CCC(C)(O)CNC(=O)c1ccnc(Cl)c1[N+](=O)[O-]. The molecule has 0 aliphatic heterocycles. The average Bonchev–Trinajstić information content (AvgIpc) is 2.35. The molecule has 1 amide bonds. The molecule has 19 heavy (non-hydrogen) atoms. The molecule has 104 valence electrons.